The van der Waals surface area contributed by atoms with Gasteiger partial charge in [0.25, 0.3) is 0 Å². The highest BCUT2D eigenvalue weighted by Crippen LogP contribution is 2.40. The molecule has 78 valence electrons. The number of amides is 2. The summed E-state index contributed by atoms with van der Waals surface area (Å²) in [5.74, 6) is 0.566. The van der Waals surface area contributed by atoms with E-state index in [0.717, 1.165) is 12.8 Å². The maximum Gasteiger partial charge on any atom is 0.323 e. The van der Waals surface area contributed by atoms with Crippen LogP contribution in [0, 0.1) is 0 Å². The third-order valence-electron chi connectivity index (χ3n) is 2.82. The number of hydrogen-bond acceptors (Lipinski definition) is 3. The molecule has 1 aromatic heterocycles. The van der Waals surface area contributed by atoms with Crippen LogP contribution in [0.1, 0.15) is 12.8 Å². The van der Waals surface area contributed by atoms with Crippen LogP contribution in [0.4, 0.5) is 10.6 Å². The van der Waals surface area contributed by atoms with Gasteiger partial charge in [0.15, 0.2) is 0 Å². The molecule has 1 saturated heterocycles. The second-order valence-corrected chi connectivity index (χ2v) is 4.32. The van der Waals surface area contributed by atoms with Crippen molar-refractivity contribution in [3.63, 3.8) is 0 Å². The van der Waals surface area contributed by atoms with Crippen LogP contribution in [0.2, 0.25) is 5.28 Å². The highest BCUT2D eigenvalue weighted by molar-refractivity contribution is 6.28. The van der Waals surface area contributed by atoms with E-state index >= 15 is 0 Å². The van der Waals surface area contributed by atoms with E-state index in [9.17, 15) is 4.79 Å². The van der Waals surface area contributed by atoms with Gasteiger partial charge in [-0.1, -0.05) is 0 Å². The number of rotatable bonds is 1. The SMILES string of the molecule is O=C1NC2(CC2)CN1c1ccnc(Cl)n1. The minimum atomic E-state index is -0.0951. The van der Waals surface area contributed by atoms with Gasteiger partial charge < -0.3 is 5.32 Å². The van der Waals surface area contributed by atoms with E-state index in [1.807, 2.05) is 0 Å². The number of aromatic nitrogens is 2. The zero-order chi connectivity index (χ0) is 10.5. The lowest BCUT2D eigenvalue weighted by molar-refractivity contribution is 0.250. The van der Waals surface area contributed by atoms with Gasteiger partial charge in [0.1, 0.15) is 5.82 Å². The van der Waals surface area contributed by atoms with Crippen LogP contribution in [0.3, 0.4) is 0 Å². The summed E-state index contributed by atoms with van der Waals surface area (Å²) in [4.78, 5) is 21.1. The molecular weight excluding hydrogens is 216 g/mol. The molecule has 2 amide bonds. The Hall–Kier alpha value is -1.36. The van der Waals surface area contributed by atoms with Crippen molar-refractivity contribution in [2.24, 2.45) is 0 Å². The first kappa shape index (κ1) is 8.91. The summed E-state index contributed by atoms with van der Waals surface area (Å²) >= 11 is 5.68. The molecule has 1 N–H and O–H groups in total. The van der Waals surface area contributed by atoms with E-state index in [1.54, 1.807) is 17.2 Å². The zero-order valence-electron chi connectivity index (χ0n) is 7.90. The van der Waals surface area contributed by atoms with E-state index < -0.39 is 0 Å². The lowest BCUT2D eigenvalue weighted by Crippen LogP contribution is -2.29. The fourth-order valence-corrected chi connectivity index (χ4v) is 1.95. The highest BCUT2D eigenvalue weighted by Gasteiger charge is 2.52. The maximum atomic E-state index is 11.7. The standard InChI is InChI=1S/C9H9ClN4O/c10-7-11-4-1-6(12-7)14-5-9(2-3-9)13-8(14)15/h1,4H,2-3,5H2,(H,13,15). The molecule has 2 aliphatic rings. The smallest absolute Gasteiger partial charge is 0.323 e. The fraction of sp³-hybridized carbons (Fsp3) is 0.444. The van der Waals surface area contributed by atoms with Crippen molar-refractivity contribution in [3.05, 3.63) is 17.5 Å². The summed E-state index contributed by atoms with van der Waals surface area (Å²) in [5, 5.41) is 3.12. The second kappa shape index (κ2) is 2.82. The van der Waals surface area contributed by atoms with E-state index in [0.29, 0.717) is 12.4 Å². The van der Waals surface area contributed by atoms with Crippen LogP contribution in [0.15, 0.2) is 12.3 Å². The Bertz CT molecular complexity index is 432. The minimum absolute atomic E-state index is 0.00844. The molecule has 2 fully saturated rings. The number of nitrogens with one attached hydrogen (secondary N) is 1. The van der Waals surface area contributed by atoms with E-state index in [2.05, 4.69) is 15.3 Å². The Kier molecular flexibility index (Phi) is 1.68. The number of hydrogen-bond donors (Lipinski definition) is 1. The molecule has 0 atom stereocenters. The minimum Gasteiger partial charge on any atom is -0.330 e. The summed E-state index contributed by atoms with van der Waals surface area (Å²) in [7, 11) is 0. The van der Waals surface area contributed by atoms with Crippen LogP contribution >= 0.6 is 11.6 Å². The van der Waals surface area contributed by atoms with Crippen molar-refractivity contribution in [2.75, 3.05) is 11.4 Å². The van der Waals surface area contributed by atoms with E-state index in [1.165, 1.54) is 0 Å². The summed E-state index contributed by atoms with van der Waals surface area (Å²) in [6, 6.07) is 1.59. The molecule has 1 aromatic rings. The Morgan fingerprint density at radius 1 is 1.53 bits per heavy atom. The molecule has 5 nitrogen and oxygen atoms in total. The highest BCUT2D eigenvalue weighted by atomic mass is 35.5. The molecule has 6 heteroatoms. The van der Waals surface area contributed by atoms with Crippen LogP contribution < -0.4 is 10.2 Å². The molecule has 2 heterocycles. The monoisotopic (exact) mass is 224 g/mol. The summed E-state index contributed by atoms with van der Waals surface area (Å²) in [6.45, 7) is 0.680. The quantitative estimate of drug-likeness (QED) is 0.729. The molecule has 1 spiro atoms. The molecule has 0 aromatic carbocycles. The average molecular weight is 225 g/mol. The fourth-order valence-electron chi connectivity index (χ4n) is 1.80. The van der Waals surface area contributed by atoms with Crippen LogP contribution in [-0.2, 0) is 0 Å². The summed E-state index contributed by atoms with van der Waals surface area (Å²) < 4.78 is 0. The first-order valence-corrected chi connectivity index (χ1v) is 5.15. The third-order valence-corrected chi connectivity index (χ3v) is 3.00. The van der Waals surface area contributed by atoms with Crippen molar-refractivity contribution in [3.8, 4) is 0 Å². The molecular formula is C9H9ClN4O. The van der Waals surface area contributed by atoms with Gasteiger partial charge in [0.05, 0.1) is 12.1 Å². The maximum absolute atomic E-state index is 11.7. The third kappa shape index (κ3) is 1.43. The van der Waals surface area contributed by atoms with Crippen molar-refractivity contribution >= 4 is 23.4 Å². The largest absolute Gasteiger partial charge is 0.330 e. The van der Waals surface area contributed by atoms with Gasteiger partial charge in [-0.3, -0.25) is 4.90 Å². The van der Waals surface area contributed by atoms with Crippen LogP contribution in [0.25, 0.3) is 0 Å². The first-order valence-electron chi connectivity index (χ1n) is 4.77. The van der Waals surface area contributed by atoms with Crippen molar-refractivity contribution in [1.29, 1.82) is 0 Å². The molecule has 0 radical (unpaired) electrons. The number of carbonyl (C=O) groups is 1. The molecule has 1 aliphatic heterocycles. The molecule has 1 aliphatic carbocycles. The Morgan fingerprint density at radius 3 is 2.93 bits per heavy atom. The zero-order valence-corrected chi connectivity index (χ0v) is 8.66. The Morgan fingerprint density at radius 2 is 2.33 bits per heavy atom. The van der Waals surface area contributed by atoms with Crippen LogP contribution in [0.5, 0.6) is 0 Å². The predicted molar refractivity (Wildman–Crippen MR) is 54.9 cm³/mol. The number of anilines is 1. The second-order valence-electron chi connectivity index (χ2n) is 3.98. The van der Waals surface area contributed by atoms with Gasteiger partial charge in [0.2, 0.25) is 5.28 Å². The van der Waals surface area contributed by atoms with Gasteiger partial charge in [-0.25, -0.2) is 14.8 Å². The molecule has 0 unspecified atom stereocenters. The van der Waals surface area contributed by atoms with Gasteiger partial charge in [-0.15, -0.1) is 0 Å². The number of nitrogens with zero attached hydrogens (tertiary/aromatic N) is 3. The molecule has 0 bridgehead atoms. The molecule has 3 rings (SSSR count). The lowest BCUT2D eigenvalue weighted by atomic mass is 10.3. The first-order chi connectivity index (χ1) is 7.19. The molecule has 1 saturated carbocycles. The average Bonchev–Trinajstić information content (AvgIpc) is 2.85. The Labute approximate surface area is 91.5 Å². The van der Waals surface area contributed by atoms with Crippen molar-refractivity contribution in [2.45, 2.75) is 18.4 Å². The van der Waals surface area contributed by atoms with Gasteiger partial charge in [0, 0.05) is 6.20 Å². The number of urea groups is 1. The van der Waals surface area contributed by atoms with E-state index in [4.69, 9.17) is 11.6 Å². The lowest BCUT2D eigenvalue weighted by Gasteiger charge is -2.12. The number of halogens is 1. The normalized spacial score (nSPS) is 21.9. The topological polar surface area (TPSA) is 58.1 Å². The summed E-state index contributed by atoms with van der Waals surface area (Å²) in [6.07, 6.45) is 3.65. The van der Waals surface area contributed by atoms with Crippen molar-refractivity contribution in [1.82, 2.24) is 15.3 Å². The van der Waals surface area contributed by atoms with E-state index in [-0.39, 0.29) is 16.9 Å². The van der Waals surface area contributed by atoms with Crippen LogP contribution in [-0.4, -0.2) is 28.1 Å². The predicted octanol–water partition coefficient (Wildman–Crippen LogP) is 1.19. The van der Waals surface area contributed by atoms with Gasteiger partial charge in [-0.2, -0.15) is 0 Å². The van der Waals surface area contributed by atoms with Crippen molar-refractivity contribution < 1.29 is 4.79 Å². The summed E-state index contributed by atoms with van der Waals surface area (Å²) in [5.41, 5.74) is 0.00844. The Balaban J connectivity index is 1.91. The van der Waals surface area contributed by atoms with Gasteiger partial charge in [-0.05, 0) is 30.5 Å². The number of carbonyl (C=O) groups excluding carboxylic acids is 1. The molecule has 15 heavy (non-hydrogen) atoms. The van der Waals surface area contributed by atoms with Gasteiger partial charge >= 0.3 is 6.03 Å².